The van der Waals surface area contributed by atoms with Crippen LogP contribution in [0.3, 0.4) is 0 Å². The molecule has 0 spiro atoms. The minimum atomic E-state index is -3.58. The van der Waals surface area contributed by atoms with Crippen molar-refractivity contribution in [2.75, 3.05) is 32.7 Å². The number of para-hydroxylation sites is 2. The average Bonchev–Trinajstić information content (AvgIpc) is 3.09. The number of piperazine rings is 1. The van der Waals surface area contributed by atoms with Crippen molar-refractivity contribution >= 4 is 26.9 Å². The number of aromatic nitrogens is 1. The number of carbonyl (C=O) groups is 1. The first-order valence-corrected chi connectivity index (χ1v) is 11.7. The van der Waals surface area contributed by atoms with E-state index in [0.717, 1.165) is 18.5 Å². The molecule has 164 valence electrons. The van der Waals surface area contributed by atoms with E-state index in [1.54, 1.807) is 22.8 Å². The molecular weight excluding hydrogens is 418 g/mol. The van der Waals surface area contributed by atoms with Gasteiger partial charge >= 0.3 is 5.76 Å². The van der Waals surface area contributed by atoms with E-state index in [1.807, 2.05) is 18.2 Å². The Balaban J connectivity index is 1.31. The van der Waals surface area contributed by atoms with Gasteiger partial charge in [0.15, 0.2) is 11.4 Å². The monoisotopic (exact) mass is 443 g/mol. The number of hydrogen-bond donors (Lipinski definition) is 0. The van der Waals surface area contributed by atoms with Gasteiger partial charge in [-0.15, -0.1) is 0 Å². The Kier molecular flexibility index (Phi) is 6.08. The molecule has 0 N–H and O–H groups in total. The molecule has 1 aliphatic heterocycles. The van der Waals surface area contributed by atoms with Gasteiger partial charge < -0.3 is 9.32 Å². The fraction of sp³-hybridized carbons (Fsp3) is 0.364. The second-order valence-corrected chi connectivity index (χ2v) is 9.61. The zero-order valence-corrected chi connectivity index (χ0v) is 18.2. The van der Waals surface area contributed by atoms with E-state index in [0.29, 0.717) is 43.9 Å². The van der Waals surface area contributed by atoms with Crippen molar-refractivity contribution in [2.45, 2.75) is 24.8 Å². The number of rotatable bonds is 7. The number of hydrogen-bond acceptors (Lipinski definition) is 6. The molecule has 2 heterocycles. The van der Waals surface area contributed by atoms with Crippen LogP contribution in [0.15, 0.2) is 62.6 Å². The van der Waals surface area contributed by atoms with Crippen molar-refractivity contribution in [3.05, 3.63) is 64.6 Å². The van der Waals surface area contributed by atoms with Crippen molar-refractivity contribution in [3.8, 4) is 0 Å². The summed E-state index contributed by atoms with van der Waals surface area (Å²) in [7, 11) is -3.58. The maximum absolute atomic E-state index is 12.9. The molecule has 0 saturated carbocycles. The lowest BCUT2D eigenvalue weighted by molar-refractivity contribution is 0.101. The third-order valence-electron chi connectivity index (χ3n) is 5.66. The topological polar surface area (TPSA) is 92.8 Å². The van der Waals surface area contributed by atoms with Gasteiger partial charge in [0.05, 0.1) is 10.4 Å². The van der Waals surface area contributed by atoms with Crippen LogP contribution in [0.1, 0.15) is 23.7 Å². The number of oxazole rings is 1. The zero-order chi connectivity index (χ0) is 22.0. The normalized spacial score (nSPS) is 16.0. The maximum atomic E-state index is 12.9. The molecule has 3 aromatic rings. The van der Waals surface area contributed by atoms with Crippen LogP contribution in [0.25, 0.3) is 11.1 Å². The summed E-state index contributed by atoms with van der Waals surface area (Å²) in [5.41, 5.74) is 1.87. The Bertz CT molecular complexity index is 1240. The van der Waals surface area contributed by atoms with Gasteiger partial charge in [0, 0.05) is 38.3 Å². The van der Waals surface area contributed by atoms with Crippen LogP contribution in [0.5, 0.6) is 0 Å². The van der Waals surface area contributed by atoms with Gasteiger partial charge in [-0.25, -0.2) is 13.2 Å². The number of fused-ring (bicyclic) bond motifs is 1. The van der Waals surface area contributed by atoms with E-state index >= 15 is 0 Å². The summed E-state index contributed by atoms with van der Waals surface area (Å²) in [5, 5.41) is 0. The number of Topliss-reactive ketones (excluding diaryl/α,β-unsaturated/α-hetero) is 1. The Morgan fingerprint density at radius 2 is 1.65 bits per heavy atom. The highest BCUT2D eigenvalue weighted by atomic mass is 32.2. The average molecular weight is 444 g/mol. The Morgan fingerprint density at radius 3 is 2.32 bits per heavy atom. The lowest BCUT2D eigenvalue weighted by Gasteiger charge is -2.34. The van der Waals surface area contributed by atoms with E-state index in [-0.39, 0.29) is 16.4 Å². The Labute approximate surface area is 180 Å². The number of carbonyl (C=O) groups excluding carboxylic acids is 1. The highest BCUT2D eigenvalue weighted by Gasteiger charge is 2.28. The second kappa shape index (κ2) is 8.78. The fourth-order valence-electron chi connectivity index (χ4n) is 3.88. The van der Waals surface area contributed by atoms with Crippen LogP contribution in [0.2, 0.25) is 0 Å². The molecule has 1 saturated heterocycles. The SMILES string of the molecule is CC(=O)c1ccc(S(=O)(=O)N2CCN(CCCn3c(=O)oc4ccccc43)CC2)cc1. The zero-order valence-electron chi connectivity index (χ0n) is 17.4. The number of benzene rings is 2. The van der Waals surface area contributed by atoms with E-state index in [2.05, 4.69) is 4.90 Å². The number of aryl methyl sites for hydroxylation is 1. The van der Waals surface area contributed by atoms with Crippen LogP contribution < -0.4 is 5.76 Å². The molecule has 0 radical (unpaired) electrons. The standard InChI is InChI=1S/C22H25N3O5S/c1-17(26)18-7-9-19(10-8-18)31(28,29)24-15-13-23(14-16-24)11-4-12-25-20-5-2-3-6-21(20)30-22(25)27/h2-3,5-10H,4,11-16H2,1H3. The van der Waals surface area contributed by atoms with Crippen LogP contribution in [-0.2, 0) is 16.6 Å². The predicted molar refractivity (Wildman–Crippen MR) is 117 cm³/mol. The molecule has 1 aromatic heterocycles. The Morgan fingerprint density at radius 1 is 0.968 bits per heavy atom. The van der Waals surface area contributed by atoms with Crippen LogP contribution >= 0.6 is 0 Å². The summed E-state index contributed by atoms with van der Waals surface area (Å²) >= 11 is 0. The first-order chi connectivity index (χ1) is 14.9. The molecule has 1 fully saturated rings. The highest BCUT2D eigenvalue weighted by Crippen LogP contribution is 2.19. The lowest BCUT2D eigenvalue weighted by atomic mass is 10.2. The number of nitrogens with zero attached hydrogens (tertiary/aromatic N) is 3. The Hall–Kier alpha value is -2.75. The second-order valence-electron chi connectivity index (χ2n) is 7.67. The molecule has 8 nitrogen and oxygen atoms in total. The van der Waals surface area contributed by atoms with Crippen LogP contribution in [-0.4, -0.2) is 60.7 Å². The van der Waals surface area contributed by atoms with Crippen molar-refractivity contribution < 1.29 is 17.6 Å². The number of ketones is 1. The van der Waals surface area contributed by atoms with Crippen LogP contribution in [0.4, 0.5) is 0 Å². The van der Waals surface area contributed by atoms with Gasteiger partial charge in [0.25, 0.3) is 0 Å². The minimum Gasteiger partial charge on any atom is -0.408 e. The first-order valence-electron chi connectivity index (χ1n) is 10.3. The fourth-order valence-corrected chi connectivity index (χ4v) is 5.30. The molecule has 4 rings (SSSR count). The third-order valence-corrected chi connectivity index (χ3v) is 7.57. The maximum Gasteiger partial charge on any atom is 0.419 e. The van der Waals surface area contributed by atoms with Crippen LogP contribution in [0, 0.1) is 0 Å². The number of sulfonamides is 1. The molecule has 1 aliphatic rings. The van der Waals surface area contributed by atoms with E-state index < -0.39 is 10.0 Å². The van der Waals surface area contributed by atoms with Gasteiger partial charge in [-0.3, -0.25) is 9.36 Å². The summed E-state index contributed by atoms with van der Waals surface area (Å²) < 4.78 is 34.1. The summed E-state index contributed by atoms with van der Waals surface area (Å²) in [6.07, 6.45) is 0.767. The van der Waals surface area contributed by atoms with E-state index in [9.17, 15) is 18.0 Å². The quantitative estimate of drug-likeness (QED) is 0.520. The molecule has 31 heavy (non-hydrogen) atoms. The van der Waals surface area contributed by atoms with Gasteiger partial charge in [-0.05, 0) is 44.2 Å². The van der Waals surface area contributed by atoms with Crippen molar-refractivity contribution in [1.29, 1.82) is 0 Å². The molecule has 0 unspecified atom stereocenters. The van der Waals surface area contributed by atoms with Gasteiger partial charge in [-0.1, -0.05) is 24.3 Å². The molecule has 0 bridgehead atoms. The van der Waals surface area contributed by atoms with Gasteiger partial charge in [0.2, 0.25) is 10.0 Å². The third kappa shape index (κ3) is 4.48. The summed E-state index contributed by atoms with van der Waals surface area (Å²) in [4.78, 5) is 25.9. The van der Waals surface area contributed by atoms with Crippen molar-refractivity contribution in [1.82, 2.24) is 13.8 Å². The lowest BCUT2D eigenvalue weighted by Crippen LogP contribution is -2.48. The largest absolute Gasteiger partial charge is 0.419 e. The van der Waals surface area contributed by atoms with Crippen molar-refractivity contribution in [2.24, 2.45) is 0 Å². The summed E-state index contributed by atoms with van der Waals surface area (Å²) in [5.74, 6) is -0.448. The molecule has 9 heteroatoms. The highest BCUT2D eigenvalue weighted by molar-refractivity contribution is 7.89. The summed E-state index contributed by atoms with van der Waals surface area (Å²) in [6.45, 7) is 4.85. The molecule has 0 atom stereocenters. The van der Waals surface area contributed by atoms with Crippen molar-refractivity contribution in [3.63, 3.8) is 0 Å². The smallest absolute Gasteiger partial charge is 0.408 e. The molecule has 2 aromatic carbocycles. The van der Waals surface area contributed by atoms with E-state index in [4.69, 9.17) is 4.42 Å². The molecular formula is C22H25N3O5S. The van der Waals surface area contributed by atoms with Gasteiger partial charge in [-0.2, -0.15) is 4.31 Å². The molecule has 0 amide bonds. The predicted octanol–water partition coefficient (Wildman–Crippen LogP) is 2.19. The molecule has 0 aliphatic carbocycles. The van der Waals surface area contributed by atoms with E-state index in [1.165, 1.54) is 23.4 Å². The minimum absolute atomic E-state index is 0.0942. The van der Waals surface area contributed by atoms with Gasteiger partial charge in [0.1, 0.15) is 0 Å². The first kappa shape index (κ1) is 21.5. The summed E-state index contributed by atoms with van der Waals surface area (Å²) in [6, 6.07) is 13.4.